The van der Waals surface area contributed by atoms with Gasteiger partial charge in [-0.15, -0.1) is 0 Å². The second-order valence-corrected chi connectivity index (χ2v) is 3.78. The van der Waals surface area contributed by atoms with E-state index in [2.05, 4.69) is 32.1 Å². The van der Waals surface area contributed by atoms with Crippen LogP contribution in [0.25, 0.3) is 0 Å². The van der Waals surface area contributed by atoms with Crippen molar-refractivity contribution in [1.29, 1.82) is 0 Å². The van der Waals surface area contributed by atoms with Crippen LogP contribution in [0.3, 0.4) is 0 Å². The Labute approximate surface area is 93.7 Å². The lowest BCUT2D eigenvalue weighted by Gasteiger charge is -2.04. The molecule has 0 aliphatic carbocycles. The van der Waals surface area contributed by atoms with Crippen LogP contribution in [0.15, 0.2) is 12.5 Å². The molecule has 0 aliphatic heterocycles. The molecule has 0 radical (unpaired) electrons. The van der Waals surface area contributed by atoms with E-state index in [0.717, 1.165) is 24.4 Å². The van der Waals surface area contributed by atoms with Crippen molar-refractivity contribution in [2.24, 2.45) is 5.73 Å². The van der Waals surface area contributed by atoms with Gasteiger partial charge in [0.2, 0.25) is 0 Å². The Hall–Kier alpha value is -1.69. The largest absolute Gasteiger partial charge is 0.348 e. The maximum Gasteiger partial charge on any atom is 0.167 e. The average Bonchev–Trinajstić information content (AvgIpc) is 2.89. The molecule has 0 saturated carbocycles. The Bertz CT molecular complexity index is 418. The molecule has 0 amide bonds. The first-order valence-corrected chi connectivity index (χ1v) is 5.43. The minimum Gasteiger partial charge on any atom is -0.348 e. The van der Waals surface area contributed by atoms with Crippen molar-refractivity contribution in [2.75, 3.05) is 0 Å². The summed E-state index contributed by atoms with van der Waals surface area (Å²) >= 11 is 0. The molecule has 0 bridgehead atoms. The SMILES string of the molecule is CCCc1nc(C(N)Cc2cnc[nH]2)n[nH]1. The zero-order valence-electron chi connectivity index (χ0n) is 9.27. The quantitative estimate of drug-likeness (QED) is 0.691. The number of aryl methyl sites for hydroxylation is 1. The van der Waals surface area contributed by atoms with Gasteiger partial charge in [-0.25, -0.2) is 9.97 Å². The van der Waals surface area contributed by atoms with Gasteiger partial charge in [-0.2, -0.15) is 5.10 Å². The third-order valence-corrected chi connectivity index (χ3v) is 2.36. The summed E-state index contributed by atoms with van der Waals surface area (Å²) in [6.45, 7) is 2.10. The Balaban J connectivity index is 2.00. The molecule has 0 aliphatic rings. The van der Waals surface area contributed by atoms with Crippen LogP contribution in [0.2, 0.25) is 0 Å². The number of nitrogens with two attached hydrogens (primary N) is 1. The topological polar surface area (TPSA) is 96.3 Å². The van der Waals surface area contributed by atoms with E-state index >= 15 is 0 Å². The van der Waals surface area contributed by atoms with Gasteiger partial charge < -0.3 is 10.7 Å². The van der Waals surface area contributed by atoms with Crippen molar-refractivity contribution in [1.82, 2.24) is 25.1 Å². The van der Waals surface area contributed by atoms with Gasteiger partial charge in [0.25, 0.3) is 0 Å². The van der Waals surface area contributed by atoms with Crippen LogP contribution in [0.4, 0.5) is 0 Å². The summed E-state index contributed by atoms with van der Waals surface area (Å²) in [6, 6.07) is -0.192. The van der Waals surface area contributed by atoms with E-state index in [4.69, 9.17) is 5.73 Å². The molecule has 6 heteroatoms. The molecule has 2 aromatic heterocycles. The second-order valence-electron chi connectivity index (χ2n) is 3.78. The number of rotatable bonds is 5. The Morgan fingerprint density at radius 1 is 1.50 bits per heavy atom. The molecule has 4 N–H and O–H groups in total. The summed E-state index contributed by atoms with van der Waals surface area (Å²) in [4.78, 5) is 11.3. The number of aromatic nitrogens is 5. The van der Waals surface area contributed by atoms with E-state index < -0.39 is 0 Å². The third-order valence-electron chi connectivity index (χ3n) is 2.36. The molecular weight excluding hydrogens is 204 g/mol. The van der Waals surface area contributed by atoms with Crippen LogP contribution in [0.1, 0.15) is 36.7 Å². The minimum atomic E-state index is -0.192. The summed E-state index contributed by atoms with van der Waals surface area (Å²) in [7, 11) is 0. The monoisotopic (exact) mass is 220 g/mol. The lowest BCUT2D eigenvalue weighted by atomic mass is 10.2. The number of aromatic amines is 2. The number of hydrogen-bond donors (Lipinski definition) is 3. The maximum atomic E-state index is 6.00. The van der Waals surface area contributed by atoms with Gasteiger partial charge in [-0.05, 0) is 6.42 Å². The van der Waals surface area contributed by atoms with E-state index in [9.17, 15) is 0 Å². The molecule has 6 nitrogen and oxygen atoms in total. The molecule has 0 spiro atoms. The van der Waals surface area contributed by atoms with E-state index in [-0.39, 0.29) is 6.04 Å². The maximum absolute atomic E-state index is 6.00. The molecule has 0 fully saturated rings. The average molecular weight is 220 g/mol. The first kappa shape index (κ1) is 10.8. The van der Waals surface area contributed by atoms with Gasteiger partial charge in [0.1, 0.15) is 5.82 Å². The predicted molar refractivity (Wildman–Crippen MR) is 59.6 cm³/mol. The van der Waals surface area contributed by atoms with Crippen molar-refractivity contribution < 1.29 is 0 Å². The molecular formula is C10H16N6. The number of nitrogens with one attached hydrogen (secondary N) is 2. The van der Waals surface area contributed by atoms with Crippen LogP contribution in [-0.4, -0.2) is 25.1 Å². The highest BCUT2D eigenvalue weighted by Gasteiger charge is 2.13. The standard InChI is InChI=1S/C10H16N6/c1-2-3-9-14-10(16-15-9)8(11)4-7-5-12-6-13-7/h5-6,8H,2-4,11H2,1H3,(H,12,13)(H,14,15,16). The minimum absolute atomic E-state index is 0.192. The van der Waals surface area contributed by atoms with Gasteiger partial charge >= 0.3 is 0 Å². The molecule has 2 heterocycles. The van der Waals surface area contributed by atoms with Crippen molar-refractivity contribution in [3.8, 4) is 0 Å². The lowest BCUT2D eigenvalue weighted by molar-refractivity contribution is 0.661. The fourth-order valence-electron chi connectivity index (χ4n) is 1.55. The molecule has 1 atom stereocenters. The highest BCUT2D eigenvalue weighted by molar-refractivity contribution is 5.03. The zero-order chi connectivity index (χ0) is 11.4. The van der Waals surface area contributed by atoms with E-state index in [1.54, 1.807) is 12.5 Å². The number of H-pyrrole nitrogens is 2. The number of imidazole rings is 1. The predicted octanol–water partition coefficient (Wildman–Crippen LogP) is 0.723. The second kappa shape index (κ2) is 4.89. The van der Waals surface area contributed by atoms with Gasteiger partial charge in [0.15, 0.2) is 5.82 Å². The van der Waals surface area contributed by atoms with Crippen molar-refractivity contribution in [2.45, 2.75) is 32.2 Å². The molecule has 2 rings (SSSR count). The smallest absolute Gasteiger partial charge is 0.167 e. The normalized spacial score (nSPS) is 12.9. The van der Waals surface area contributed by atoms with Gasteiger partial charge in [0.05, 0.1) is 12.4 Å². The molecule has 1 unspecified atom stereocenters. The van der Waals surface area contributed by atoms with E-state index in [0.29, 0.717) is 12.2 Å². The summed E-state index contributed by atoms with van der Waals surface area (Å²) in [5.41, 5.74) is 7.00. The fourth-order valence-corrected chi connectivity index (χ4v) is 1.55. The van der Waals surface area contributed by atoms with Crippen LogP contribution < -0.4 is 5.73 Å². The van der Waals surface area contributed by atoms with Crippen LogP contribution >= 0.6 is 0 Å². The number of hydrogen-bond acceptors (Lipinski definition) is 4. The summed E-state index contributed by atoms with van der Waals surface area (Å²) in [6.07, 6.45) is 6.03. The highest BCUT2D eigenvalue weighted by Crippen LogP contribution is 2.10. The first-order chi connectivity index (χ1) is 7.79. The van der Waals surface area contributed by atoms with Gasteiger partial charge in [0, 0.05) is 24.7 Å². The van der Waals surface area contributed by atoms with Crippen LogP contribution in [0.5, 0.6) is 0 Å². The van der Waals surface area contributed by atoms with Crippen LogP contribution in [-0.2, 0) is 12.8 Å². The van der Waals surface area contributed by atoms with Gasteiger partial charge in [-0.1, -0.05) is 6.92 Å². The molecule has 86 valence electrons. The molecule has 0 aromatic carbocycles. The summed E-state index contributed by atoms with van der Waals surface area (Å²) in [5.74, 6) is 1.57. The van der Waals surface area contributed by atoms with Crippen molar-refractivity contribution in [3.05, 3.63) is 29.9 Å². The van der Waals surface area contributed by atoms with Crippen LogP contribution in [0, 0.1) is 0 Å². The summed E-state index contributed by atoms with van der Waals surface area (Å²) < 4.78 is 0. The summed E-state index contributed by atoms with van der Waals surface area (Å²) in [5, 5.41) is 7.02. The van der Waals surface area contributed by atoms with Crippen molar-refractivity contribution in [3.63, 3.8) is 0 Å². The molecule has 16 heavy (non-hydrogen) atoms. The Morgan fingerprint density at radius 2 is 2.38 bits per heavy atom. The number of nitrogens with zero attached hydrogens (tertiary/aromatic N) is 3. The Morgan fingerprint density at radius 3 is 3.06 bits per heavy atom. The lowest BCUT2D eigenvalue weighted by Crippen LogP contribution is -2.15. The highest BCUT2D eigenvalue weighted by atomic mass is 15.2. The molecule has 2 aromatic rings. The zero-order valence-corrected chi connectivity index (χ0v) is 9.27. The van der Waals surface area contributed by atoms with E-state index in [1.807, 2.05) is 0 Å². The van der Waals surface area contributed by atoms with Gasteiger partial charge in [-0.3, -0.25) is 5.10 Å². The fraction of sp³-hybridized carbons (Fsp3) is 0.500. The molecule has 0 saturated heterocycles. The van der Waals surface area contributed by atoms with E-state index in [1.165, 1.54) is 0 Å². The third kappa shape index (κ3) is 2.46. The van der Waals surface area contributed by atoms with Crippen molar-refractivity contribution >= 4 is 0 Å². The first-order valence-electron chi connectivity index (χ1n) is 5.43. The Kier molecular flexibility index (Phi) is 3.31.